The Morgan fingerprint density at radius 3 is 2.22 bits per heavy atom. The van der Waals surface area contributed by atoms with Crippen LogP contribution in [-0.4, -0.2) is 59.1 Å². The van der Waals surface area contributed by atoms with Crippen LogP contribution in [0, 0.1) is 0 Å². The van der Waals surface area contributed by atoms with Gasteiger partial charge in [-0.05, 0) is 36.4 Å². The molecule has 8 nitrogen and oxygen atoms in total. The topological polar surface area (TPSA) is 92.2 Å². The van der Waals surface area contributed by atoms with E-state index in [0.29, 0.717) is 26.2 Å². The molecule has 1 aliphatic heterocycles. The second-order valence-electron chi connectivity index (χ2n) is 6.09. The Labute approximate surface area is 157 Å². The minimum atomic E-state index is -3.51. The maximum absolute atomic E-state index is 12.7. The molecule has 1 aliphatic rings. The summed E-state index contributed by atoms with van der Waals surface area (Å²) < 4.78 is 26.8. The van der Waals surface area contributed by atoms with Crippen molar-refractivity contribution in [2.24, 2.45) is 0 Å². The van der Waals surface area contributed by atoms with Crippen LogP contribution in [0.1, 0.15) is 0 Å². The first-order valence-corrected chi connectivity index (χ1v) is 9.98. The van der Waals surface area contributed by atoms with Gasteiger partial charge in [0.05, 0.1) is 5.69 Å². The number of pyridine rings is 2. The molecule has 138 valence electrons. The number of sulfonamides is 1. The highest BCUT2D eigenvalue weighted by Crippen LogP contribution is 2.21. The molecule has 27 heavy (non-hydrogen) atoms. The van der Waals surface area contributed by atoms with Crippen LogP contribution in [0.3, 0.4) is 0 Å². The summed E-state index contributed by atoms with van der Waals surface area (Å²) in [5.41, 5.74) is 1.73. The lowest BCUT2D eigenvalue weighted by Crippen LogP contribution is -2.49. The third kappa shape index (κ3) is 3.64. The summed E-state index contributed by atoms with van der Waals surface area (Å²) in [7, 11) is -3.51. The van der Waals surface area contributed by atoms with E-state index < -0.39 is 10.0 Å². The SMILES string of the molecule is O=S(=O)(c1cccnc1)N1CCN(c2ccc(-c3ccncc3)nn2)CC1. The fourth-order valence-electron chi connectivity index (χ4n) is 2.98. The minimum absolute atomic E-state index is 0.222. The predicted octanol–water partition coefficient (Wildman–Crippen LogP) is 1.44. The van der Waals surface area contributed by atoms with E-state index in [1.165, 1.54) is 10.5 Å². The lowest BCUT2D eigenvalue weighted by atomic mass is 10.2. The molecule has 0 unspecified atom stereocenters. The number of hydrogen-bond donors (Lipinski definition) is 0. The number of piperazine rings is 1. The molecule has 4 heterocycles. The molecule has 0 spiro atoms. The Kier molecular flexibility index (Phi) is 4.78. The zero-order valence-corrected chi connectivity index (χ0v) is 15.3. The first kappa shape index (κ1) is 17.5. The molecule has 0 bridgehead atoms. The molecule has 9 heteroatoms. The molecule has 0 amide bonds. The quantitative estimate of drug-likeness (QED) is 0.674. The average molecular weight is 382 g/mol. The van der Waals surface area contributed by atoms with Crippen molar-refractivity contribution >= 4 is 15.8 Å². The highest BCUT2D eigenvalue weighted by atomic mass is 32.2. The van der Waals surface area contributed by atoms with E-state index in [1.807, 2.05) is 29.2 Å². The minimum Gasteiger partial charge on any atom is -0.352 e. The number of aromatic nitrogens is 4. The van der Waals surface area contributed by atoms with E-state index in [0.717, 1.165) is 17.1 Å². The van der Waals surface area contributed by atoms with Crippen molar-refractivity contribution in [1.82, 2.24) is 24.5 Å². The van der Waals surface area contributed by atoms with Crippen molar-refractivity contribution in [3.63, 3.8) is 0 Å². The first-order valence-electron chi connectivity index (χ1n) is 8.54. The Bertz CT molecular complexity index is 989. The average Bonchev–Trinajstić information content (AvgIpc) is 2.75. The largest absolute Gasteiger partial charge is 0.352 e. The van der Waals surface area contributed by atoms with Crippen LogP contribution in [-0.2, 0) is 10.0 Å². The van der Waals surface area contributed by atoms with Crippen LogP contribution in [0.2, 0.25) is 0 Å². The van der Waals surface area contributed by atoms with Crippen molar-refractivity contribution in [3.05, 3.63) is 61.2 Å². The maximum atomic E-state index is 12.7. The van der Waals surface area contributed by atoms with Gasteiger partial charge < -0.3 is 4.90 Å². The zero-order chi connectivity index (χ0) is 18.7. The van der Waals surface area contributed by atoms with Crippen LogP contribution in [0.15, 0.2) is 66.1 Å². The third-order valence-electron chi connectivity index (χ3n) is 4.46. The maximum Gasteiger partial charge on any atom is 0.244 e. The first-order chi connectivity index (χ1) is 13.1. The number of nitrogens with zero attached hydrogens (tertiary/aromatic N) is 6. The van der Waals surface area contributed by atoms with Gasteiger partial charge in [-0.15, -0.1) is 10.2 Å². The summed E-state index contributed by atoms with van der Waals surface area (Å²) in [6.07, 6.45) is 6.37. The van der Waals surface area contributed by atoms with E-state index in [9.17, 15) is 8.42 Å². The van der Waals surface area contributed by atoms with E-state index in [2.05, 4.69) is 20.2 Å². The highest BCUT2D eigenvalue weighted by Gasteiger charge is 2.29. The molecular weight excluding hydrogens is 364 g/mol. The van der Waals surface area contributed by atoms with Crippen LogP contribution in [0.4, 0.5) is 5.82 Å². The summed E-state index contributed by atoms with van der Waals surface area (Å²) in [5, 5.41) is 8.58. The van der Waals surface area contributed by atoms with Crippen molar-refractivity contribution in [2.75, 3.05) is 31.1 Å². The van der Waals surface area contributed by atoms with Crippen LogP contribution < -0.4 is 4.90 Å². The smallest absolute Gasteiger partial charge is 0.244 e. The summed E-state index contributed by atoms with van der Waals surface area (Å²) >= 11 is 0. The third-order valence-corrected chi connectivity index (χ3v) is 6.34. The van der Waals surface area contributed by atoms with E-state index >= 15 is 0 Å². The molecule has 0 N–H and O–H groups in total. The van der Waals surface area contributed by atoms with E-state index in [1.54, 1.807) is 30.7 Å². The highest BCUT2D eigenvalue weighted by molar-refractivity contribution is 7.89. The molecular formula is C18H18N6O2S. The van der Waals surface area contributed by atoms with Crippen LogP contribution >= 0.6 is 0 Å². The molecule has 3 aromatic rings. The van der Waals surface area contributed by atoms with Gasteiger partial charge >= 0.3 is 0 Å². The van der Waals surface area contributed by atoms with Crippen LogP contribution in [0.5, 0.6) is 0 Å². The standard InChI is InChI=1S/C18H18N6O2S/c25-27(26,16-2-1-7-20-14-16)24-12-10-23(11-13-24)18-4-3-17(21-22-18)15-5-8-19-9-6-15/h1-9,14H,10-13H2. The molecule has 1 fully saturated rings. The zero-order valence-electron chi connectivity index (χ0n) is 14.5. The van der Waals surface area contributed by atoms with Crippen molar-refractivity contribution in [1.29, 1.82) is 0 Å². The van der Waals surface area contributed by atoms with Gasteiger partial charge in [-0.3, -0.25) is 9.97 Å². The van der Waals surface area contributed by atoms with Crippen molar-refractivity contribution in [2.45, 2.75) is 4.90 Å². The van der Waals surface area contributed by atoms with Gasteiger partial charge in [-0.25, -0.2) is 8.42 Å². The van der Waals surface area contributed by atoms with Gasteiger partial charge in [-0.1, -0.05) is 0 Å². The molecule has 0 aliphatic carbocycles. The normalized spacial score (nSPS) is 15.6. The van der Waals surface area contributed by atoms with E-state index in [-0.39, 0.29) is 4.90 Å². The Balaban J connectivity index is 1.44. The van der Waals surface area contributed by atoms with E-state index in [4.69, 9.17) is 0 Å². The monoisotopic (exact) mass is 382 g/mol. The lowest BCUT2D eigenvalue weighted by molar-refractivity contribution is 0.383. The number of rotatable bonds is 4. The van der Waals surface area contributed by atoms with Crippen molar-refractivity contribution < 1.29 is 8.42 Å². The Morgan fingerprint density at radius 1 is 0.815 bits per heavy atom. The molecule has 0 aromatic carbocycles. The second kappa shape index (κ2) is 7.37. The molecule has 0 atom stereocenters. The fourth-order valence-corrected chi connectivity index (χ4v) is 4.36. The van der Waals surface area contributed by atoms with Gasteiger partial charge in [0.15, 0.2) is 5.82 Å². The summed E-state index contributed by atoms with van der Waals surface area (Å²) in [6, 6.07) is 10.8. The Hall–Kier alpha value is -2.91. The number of hydrogen-bond acceptors (Lipinski definition) is 7. The van der Waals surface area contributed by atoms with Gasteiger partial charge in [-0.2, -0.15) is 4.31 Å². The van der Waals surface area contributed by atoms with Crippen molar-refractivity contribution in [3.8, 4) is 11.3 Å². The summed E-state index contributed by atoms with van der Waals surface area (Å²) in [4.78, 5) is 10.2. The predicted molar refractivity (Wildman–Crippen MR) is 100 cm³/mol. The molecule has 1 saturated heterocycles. The van der Waals surface area contributed by atoms with Gasteiger partial charge in [0.1, 0.15) is 4.90 Å². The molecule has 0 saturated carbocycles. The lowest BCUT2D eigenvalue weighted by Gasteiger charge is -2.34. The number of anilines is 1. The van der Waals surface area contributed by atoms with Gasteiger partial charge in [0, 0.05) is 56.5 Å². The second-order valence-corrected chi connectivity index (χ2v) is 8.03. The summed E-state index contributed by atoms with van der Waals surface area (Å²) in [6.45, 7) is 1.90. The molecule has 3 aromatic heterocycles. The van der Waals surface area contributed by atoms with Gasteiger partial charge in [0.2, 0.25) is 10.0 Å². The fraction of sp³-hybridized carbons (Fsp3) is 0.222. The molecule has 4 rings (SSSR count). The molecule has 0 radical (unpaired) electrons. The van der Waals surface area contributed by atoms with Gasteiger partial charge in [0.25, 0.3) is 0 Å². The van der Waals surface area contributed by atoms with Crippen LogP contribution in [0.25, 0.3) is 11.3 Å². The Morgan fingerprint density at radius 2 is 1.59 bits per heavy atom. The summed E-state index contributed by atoms with van der Waals surface area (Å²) in [5.74, 6) is 0.742.